The maximum absolute atomic E-state index is 11.8. The van der Waals surface area contributed by atoms with Gasteiger partial charge in [0, 0.05) is 5.41 Å². The summed E-state index contributed by atoms with van der Waals surface area (Å²) in [5.74, 6) is -0.379. The summed E-state index contributed by atoms with van der Waals surface area (Å²) in [5.41, 5.74) is 7.74. The van der Waals surface area contributed by atoms with Gasteiger partial charge in [0.25, 0.3) is 0 Å². The molecule has 1 aliphatic heterocycles. The number of nitrogens with one attached hydrogen (secondary N) is 1. The molecule has 0 bridgehead atoms. The molecule has 0 fully saturated rings. The molecule has 2 heterocycles. The molecule has 0 radical (unpaired) electrons. The highest BCUT2D eigenvalue weighted by Crippen LogP contribution is 2.14. The number of anilines is 1. The first-order chi connectivity index (χ1) is 8.78. The van der Waals surface area contributed by atoms with E-state index >= 15 is 0 Å². The number of aryl methyl sites for hydroxylation is 1. The van der Waals surface area contributed by atoms with Crippen LogP contribution in [-0.2, 0) is 21.2 Å². The molecular weight excluding hydrogens is 268 g/mol. The largest absolute Gasteiger partial charge is 0.396 e. The molecule has 1 amide bonds. The van der Waals surface area contributed by atoms with Crippen LogP contribution in [0.3, 0.4) is 0 Å². The Bertz CT molecular complexity index is 645. The SMILES string of the molecule is Cc1nn(CC(=O)NC2C=CS(=O)(=O)C2)c(C)c1N. The van der Waals surface area contributed by atoms with Crippen molar-refractivity contribution in [2.24, 2.45) is 0 Å². The Morgan fingerprint density at radius 2 is 2.26 bits per heavy atom. The van der Waals surface area contributed by atoms with Crippen LogP contribution in [0, 0.1) is 13.8 Å². The fraction of sp³-hybridized carbons (Fsp3) is 0.455. The van der Waals surface area contributed by atoms with Gasteiger partial charge in [-0.2, -0.15) is 5.10 Å². The third kappa shape index (κ3) is 2.95. The van der Waals surface area contributed by atoms with Gasteiger partial charge in [-0.25, -0.2) is 8.42 Å². The number of hydrogen-bond donors (Lipinski definition) is 2. The number of amides is 1. The van der Waals surface area contributed by atoms with E-state index in [1.165, 1.54) is 10.8 Å². The van der Waals surface area contributed by atoms with Crippen molar-refractivity contribution in [3.05, 3.63) is 22.9 Å². The molecule has 1 unspecified atom stereocenters. The summed E-state index contributed by atoms with van der Waals surface area (Å²) < 4.78 is 23.9. The molecule has 8 heteroatoms. The maximum Gasteiger partial charge on any atom is 0.242 e. The van der Waals surface area contributed by atoms with Crippen LogP contribution in [-0.4, -0.2) is 35.9 Å². The van der Waals surface area contributed by atoms with Crippen LogP contribution in [0.4, 0.5) is 5.69 Å². The number of carbonyl (C=O) groups is 1. The quantitative estimate of drug-likeness (QED) is 0.778. The minimum absolute atomic E-state index is 0.0221. The summed E-state index contributed by atoms with van der Waals surface area (Å²) in [6, 6.07) is -0.466. The van der Waals surface area contributed by atoms with Gasteiger partial charge in [-0.05, 0) is 19.9 Å². The summed E-state index contributed by atoms with van der Waals surface area (Å²) in [4.78, 5) is 11.8. The zero-order valence-corrected chi connectivity index (χ0v) is 11.6. The first-order valence-corrected chi connectivity index (χ1v) is 7.50. The molecule has 3 N–H and O–H groups in total. The Balaban J connectivity index is 1.99. The number of carbonyl (C=O) groups excluding carboxylic acids is 1. The van der Waals surface area contributed by atoms with Crippen molar-refractivity contribution < 1.29 is 13.2 Å². The van der Waals surface area contributed by atoms with Crippen molar-refractivity contribution >= 4 is 21.4 Å². The van der Waals surface area contributed by atoms with Gasteiger partial charge in [0.1, 0.15) is 6.54 Å². The minimum Gasteiger partial charge on any atom is -0.396 e. The smallest absolute Gasteiger partial charge is 0.242 e. The average Bonchev–Trinajstić information content (AvgIpc) is 2.75. The van der Waals surface area contributed by atoms with Gasteiger partial charge in [0.05, 0.1) is 28.9 Å². The lowest BCUT2D eigenvalue weighted by Crippen LogP contribution is -2.37. The molecule has 0 saturated carbocycles. The van der Waals surface area contributed by atoms with Crippen LogP contribution in [0.1, 0.15) is 11.4 Å². The van der Waals surface area contributed by atoms with E-state index in [9.17, 15) is 13.2 Å². The van der Waals surface area contributed by atoms with Crippen molar-refractivity contribution in [3.8, 4) is 0 Å². The van der Waals surface area contributed by atoms with E-state index in [0.29, 0.717) is 11.4 Å². The normalized spacial score (nSPS) is 20.6. The molecule has 1 aromatic heterocycles. The first-order valence-electron chi connectivity index (χ1n) is 5.78. The van der Waals surface area contributed by atoms with E-state index < -0.39 is 15.9 Å². The summed E-state index contributed by atoms with van der Waals surface area (Å²) in [7, 11) is -3.16. The van der Waals surface area contributed by atoms with Gasteiger partial charge in [-0.1, -0.05) is 0 Å². The van der Waals surface area contributed by atoms with E-state index in [1.807, 2.05) is 0 Å². The molecule has 7 nitrogen and oxygen atoms in total. The minimum atomic E-state index is -3.16. The van der Waals surface area contributed by atoms with Gasteiger partial charge in [-0.15, -0.1) is 0 Å². The zero-order chi connectivity index (χ0) is 14.2. The molecule has 0 aromatic carbocycles. The molecule has 0 spiro atoms. The average molecular weight is 284 g/mol. The van der Waals surface area contributed by atoms with Crippen molar-refractivity contribution in [2.45, 2.75) is 26.4 Å². The molecule has 104 valence electrons. The predicted octanol–water partition coefficient (Wildman–Crippen LogP) is -0.491. The second kappa shape index (κ2) is 4.69. The van der Waals surface area contributed by atoms with Gasteiger partial charge >= 0.3 is 0 Å². The monoisotopic (exact) mass is 284 g/mol. The highest BCUT2D eigenvalue weighted by molar-refractivity contribution is 7.94. The molecule has 1 aliphatic rings. The number of rotatable bonds is 3. The van der Waals surface area contributed by atoms with Crippen LogP contribution in [0.5, 0.6) is 0 Å². The molecule has 1 atom stereocenters. The highest BCUT2D eigenvalue weighted by atomic mass is 32.2. The lowest BCUT2D eigenvalue weighted by molar-refractivity contribution is -0.122. The second-order valence-electron chi connectivity index (χ2n) is 4.57. The maximum atomic E-state index is 11.8. The summed E-state index contributed by atoms with van der Waals surface area (Å²) in [6.07, 6.45) is 1.47. The van der Waals surface area contributed by atoms with Crippen molar-refractivity contribution in [1.82, 2.24) is 15.1 Å². The third-order valence-corrected chi connectivity index (χ3v) is 4.40. The number of nitrogens with zero attached hydrogens (tertiary/aromatic N) is 2. The summed E-state index contributed by atoms with van der Waals surface area (Å²) in [5, 5.41) is 7.90. The number of sulfone groups is 1. The molecule has 2 rings (SSSR count). The number of aromatic nitrogens is 2. The van der Waals surface area contributed by atoms with Crippen LogP contribution in [0.15, 0.2) is 11.5 Å². The molecular formula is C11H16N4O3S. The highest BCUT2D eigenvalue weighted by Gasteiger charge is 2.23. The lowest BCUT2D eigenvalue weighted by Gasteiger charge is -2.10. The fourth-order valence-corrected chi connectivity index (χ4v) is 3.15. The number of hydrogen-bond acceptors (Lipinski definition) is 5. The van der Waals surface area contributed by atoms with Gasteiger partial charge in [-0.3, -0.25) is 9.48 Å². The van der Waals surface area contributed by atoms with Crippen LogP contribution in [0.2, 0.25) is 0 Å². The summed E-state index contributed by atoms with van der Waals surface area (Å²) >= 11 is 0. The Labute approximate surface area is 111 Å². The first kappa shape index (κ1) is 13.6. The zero-order valence-electron chi connectivity index (χ0n) is 10.8. The summed E-state index contributed by atoms with van der Waals surface area (Å²) in [6.45, 7) is 3.57. The predicted molar refractivity (Wildman–Crippen MR) is 71.0 cm³/mol. The van der Waals surface area contributed by atoms with Crippen molar-refractivity contribution in [2.75, 3.05) is 11.5 Å². The van der Waals surface area contributed by atoms with Crippen LogP contribution >= 0.6 is 0 Å². The van der Waals surface area contributed by atoms with E-state index in [1.54, 1.807) is 13.8 Å². The number of nitrogen functional groups attached to an aromatic ring is 1. The third-order valence-electron chi connectivity index (χ3n) is 3.01. The Morgan fingerprint density at radius 3 is 2.74 bits per heavy atom. The Morgan fingerprint density at radius 1 is 1.58 bits per heavy atom. The van der Waals surface area contributed by atoms with Gasteiger partial charge < -0.3 is 11.1 Å². The number of nitrogens with two attached hydrogens (primary N) is 1. The van der Waals surface area contributed by atoms with E-state index in [2.05, 4.69) is 10.4 Å². The van der Waals surface area contributed by atoms with E-state index in [-0.39, 0.29) is 18.2 Å². The standard InChI is InChI=1S/C11H16N4O3S/c1-7-11(12)8(2)15(14-7)5-10(16)13-9-3-4-19(17,18)6-9/h3-4,9H,5-6,12H2,1-2H3,(H,13,16). The lowest BCUT2D eigenvalue weighted by atomic mass is 10.3. The van der Waals surface area contributed by atoms with E-state index in [0.717, 1.165) is 11.1 Å². The van der Waals surface area contributed by atoms with Gasteiger partial charge in [0.15, 0.2) is 9.84 Å². The van der Waals surface area contributed by atoms with Crippen molar-refractivity contribution in [1.29, 1.82) is 0 Å². The van der Waals surface area contributed by atoms with Crippen LogP contribution in [0.25, 0.3) is 0 Å². The van der Waals surface area contributed by atoms with E-state index in [4.69, 9.17) is 5.73 Å². The van der Waals surface area contributed by atoms with Crippen molar-refractivity contribution in [3.63, 3.8) is 0 Å². The molecule has 1 aromatic rings. The Hall–Kier alpha value is -1.83. The van der Waals surface area contributed by atoms with Gasteiger partial charge in [0.2, 0.25) is 5.91 Å². The fourth-order valence-electron chi connectivity index (χ4n) is 1.92. The molecule has 0 aliphatic carbocycles. The topological polar surface area (TPSA) is 107 Å². The second-order valence-corrected chi connectivity index (χ2v) is 6.51. The Kier molecular flexibility index (Phi) is 3.36. The molecule has 0 saturated heterocycles. The molecule has 19 heavy (non-hydrogen) atoms. The van der Waals surface area contributed by atoms with Crippen LogP contribution < -0.4 is 11.1 Å².